The number of carbonyl (C=O) groups is 2. The van der Waals surface area contributed by atoms with Crippen LogP contribution in [0.4, 0.5) is 22.0 Å². The largest absolute Gasteiger partial charge is 0.434 e. The van der Waals surface area contributed by atoms with Gasteiger partial charge < -0.3 is 0 Å². The third-order valence-electron chi connectivity index (χ3n) is 1.95. The van der Waals surface area contributed by atoms with Gasteiger partial charge in [0, 0.05) is 0 Å². The lowest BCUT2D eigenvalue weighted by Gasteiger charge is -2.13. The van der Waals surface area contributed by atoms with Crippen LogP contribution < -0.4 is 0 Å². The number of nitrogens with zero attached hydrogens (tertiary/aromatic N) is 1. The van der Waals surface area contributed by atoms with Crippen LogP contribution in [-0.2, 0) is 6.18 Å². The number of pyridine rings is 1. The molecule has 0 aliphatic rings. The summed E-state index contributed by atoms with van der Waals surface area (Å²) in [5.41, 5.74) is -5.59. The molecule has 0 N–H and O–H groups in total. The Morgan fingerprint density at radius 1 is 1.11 bits per heavy atom. The zero-order valence-corrected chi connectivity index (χ0v) is 10.1. The lowest BCUT2D eigenvalue weighted by atomic mass is 10.1. The van der Waals surface area contributed by atoms with Crippen molar-refractivity contribution in [1.82, 2.24) is 4.98 Å². The molecule has 1 heterocycles. The second-order valence-electron chi connectivity index (χ2n) is 3.16. The van der Waals surface area contributed by atoms with Crippen molar-refractivity contribution in [2.75, 3.05) is 0 Å². The van der Waals surface area contributed by atoms with Gasteiger partial charge in [-0.25, -0.2) is 13.8 Å². The first-order valence-electron chi connectivity index (χ1n) is 4.35. The summed E-state index contributed by atoms with van der Waals surface area (Å²) in [5, 5.41) is -3.07. The van der Waals surface area contributed by atoms with E-state index in [0.29, 0.717) is 0 Å². The molecule has 10 heteroatoms. The van der Waals surface area contributed by atoms with E-state index in [9.17, 15) is 31.5 Å². The zero-order valence-electron chi connectivity index (χ0n) is 8.56. The lowest BCUT2D eigenvalue weighted by Crippen LogP contribution is -2.17. The Kier molecular flexibility index (Phi) is 4.46. The van der Waals surface area contributed by atoms with Crippen molar-refractivity contribution in [3.05, 3.63) is 28.6 Å². The molecule has 0 atom stereocenters. The topological polar surface area (TPSA) is 47.0 Å². The van der Waals surface area contributed by atoms with E-state index in [1.54, 1.807) is 0 Å². The number of hydrogen-bond acceptors (Lipinski definition) is 3. The molecule has 0 amide bonds. The van der Waals surface area contributed by atoms with Gasteiger partial charge in [0.1, 0.15) is 5.69 Å². The van der Waals surface area contributed by atoms with Crippen molar-refractivity contribution < 1.29 is 31.5 Å². The van der Waals surface area contributed by atoms with Crippen molar-refractivity contribution in [2.45, 2.75) is 12.6 Å². The number of hydrogen-bond donors (Lipinski definition) is 0. The van der Waals surface area contributed by atoms with Gasteiger partial charge in [0.15, 0.2) is 5.69 Å². The molecule has 0 aromatic carbocycles. The maximum Gasteiger partial charge on any atom is 0.434 e. The first-order chi connectivity index (χ1) is 8.55. The van der Waals surface area contributed by atoms with E-state index in [0.717, 1.165) is 0 Å². The normalized spacial score (nSPS) is 11.8. The smallest absolute Gasteiger partial charge is 0.276 e. The second-order valence-corrected chi connectivity index (χ2v) is 3.85. The van der Waals surface area contributed by atoms with Gasteiger partial charge in [-0.05, 0) is 29.3 Å². The van der Waals surface area contributed by atoms with E-state index in [-0.39, 0.29) is 6.07 Å². The number of aromatic nitrogens is 1. The molecule has 1 rings (SSSR count). The molecule has 1 aromatic heterocycles. The Balaban J connectivity index is 3.70. The predicted octanol–water partition coefficient (Wildman–Crippen LogP) is 3.80. The quantitative estimate of drug-likeness (QED) is 0.628. The maximum absolute atomic E-state index is 12.5. The standard InChI is InChI=1S/C9H2Cl2F5NO2/c10-6(18)2-1-3(7(11)19)5(9(14,15)16)17-4(2)8(12)13/h1,8H. The summed E-state index contributed by atoms with van der Waals surface area (Å²) < 4.78 is 62.7. The molecule has 3 nitrogen and oxygen atoms in total. The molecule has 1 aromatic rings. The highest BCUT2D eigenvalue weighted by molar-refractivity contribution is 6.69. The molecule has 0 saturated heterocycles. The molecule has 0 fully saturated rings. The SMILES string of the molecule is O=C(Cl)c1cc(C(=O)Cl)c(C(F)(F)F)nc1C(F)F. The Morgan fingerprint density at radius 2 is 1.58 bits per heavy atom. The molecular formula is C9H2Cl2F5NO2. The van der Waals surface area contributed by atoms with Crippen LogP contribution in [0.25, 0.3) is 0 Å². The molecule has 0 aliphatic heterocycles. The Morgan fingerprint density at radius 3 is 1.89 bits per heavy atom. The van der Waals surface area contributed by atoms with E-state index in [2.05, 4.69) is 4.98 Å². The Hall–Kier alpha value is -1.28. The monoisotopic (exact) mass is 321 g/mol. The number of rotatable bonds is 3. The second kappa shape index (κ2) is 5.38. The van der Waals surface area contributed by atoms with Crippen LogP contribution in [0.1, 0.15) is 38.5 Å². The van der Waals surface area contributed by atoms with Gasteiger partial charge in [0.25, 0.3) is 16.9 Å². The average Bonchev–Trinajstić information content (AvgIpc) is 2.25. The molecule has 0 bridgehead atoms. The van der Waals surface area contributed by atoms with Crippen LogP contribution in [0.15, 0.2) is 6.07 Å². The summed E-state index contributed by atoms with van der Waals surface area (Å²) in [6.07, 6.45) is -8.66. The minimum absolute atomic E-state index is 0.252. The van der Waals surface area contributed by atoms with Gasteiger partial charge in [0.05, 0.1) is 11.1 Å². The molecule has 0 radical (unpaired) electrons. The first kappa shape index (κ1) is 15.8. The predicted molar refractivity (Wildman–Crippen MR) is 54.6 cm³/mol. The van der Waals surface area contributed by atoms with Crippen molar-refractivity contribution in [2.24, 2.45) is 0 Å². The summed E-state index contributed by atoms with van der Waals surface area (Å²) in [6, 6.07) is 0.252. The zero-order chi connectivity index (χ0) is 15.0. The van der Waals surface area contributed by atoms with Gasteiger partial charge >= 0.3 is 6.18 Å². The lowest BCUT2D eigenvalue weighted by molar-refractivity contribution is -0.141. The van der Waals surface area contributed by atoms with Crippen LogP contribution in [0.5, 0.6) is 0 Å². The van der Waals surface area contributed by atoms with E-state index in [1.165, 1.54) is 0 Å². The van der Waals surface area contributed by atoms with Gasteiger partial charge in [-0.3, -0.25) is 9.59 Å². The summed E-state index contributed by atoms with van der Waals surface area (Å²) >= 11 is 9.85. The molecular weight excluding hydrogens is 320 g/mol. The van der Waals surface area contributed by atoms with Crippen molar-refractivity contribution in [3.8, 4) is 0 Å². The fraction of sp³-hybridized carbons (Fsp3) is 0.222. The van der Waals surface area contributed by atoms with Gasteiger partial charge in [-0.15, -0.1) is 0 Å². The summed E-state index contributed by atoms with van der Waals surface area (Å²) in [7, 11) is 0. The molecule has 0 aliphatic carbocycles. The van der Waals surface area contributed by atoms with Crippen LogP contribution in [0, 0.1) is 0 Å². The highest BCUT2D eigenvalue weighted by Gasteiger charge is 2.39. The van der Waals surface area contributed by atoms with Gasteiger partial charge in [-0.1, -0.05) is 0 Å². The highest BCUT2D eigenvalue weighted by atomic mass is 35.5. The fourth-order valence-electron chi connectivity index (χ4n) is 1.22. The van der Waals surface area contributed by atoms with Crippen molar-refractivity contribution >= 4 is 33.7 Å². The third kappa shape index (κ3) is 3.38. The highest BCUT2D eigenvalue weighted by Crippen LogP contribution is 2.34. The van der Waals surface area contributed by atoms with Crippen LogP contribution >= 0.6 is 23.2 Å². The van der Waals surface area contributed by atoms with Gasteiger partial charge in [-0.2, -0.15) is 13.2 Å². The summed E-state index contributed by atoms with van der Waals surface area (Å²) in [4.78, 5) is 24.3. The molecule has 0 saturated carbocycles. The van der Waals surface area contributed by atoms with Crippen LogP contribution in [0.2, 0.25) is 0 Å². The first-order valence-corrected chi connectivity index (χ1v) is 5.11. The fourth-order valence-corrected chi connectivity index (χ4v) is 1.51. The minimum Gasteiger partial charge on any atom is -0.276 e. The van der Waals surface area contributed by atoms with E-state index < -0.39 is 45.6 Å². The van der Waals surface area contributed by atoms with Crippen molar-refractivity contribution in [3.63, 3.8) is 0 Å². The molecule has 104 valence electrons. The molecule has 0 spiro atoms. The van der Waals surface area contributed by atoms with E-state index >= 15 is 0 Å². The average molecular weight is 322 g/mol. The maximum atomic E-state index is 12.5. The Bertz CT molecular complexity index is 544. The number of alkyl halides is 5. The van der Waals surface area contributed by atoms with Crippen molar-refractivity contribution in [1.29, 1.82) is 0 Å². The Labute approximate surface area is 112 Å². The van der Waals surface area contributed by atoms with E-state index in [4.69, 9.17) is 23.2 Å². The third-order valence-corrected chi connectivity index (χ3v) is 2.36. The van der Waals surface area contributed by atoms with Crippen LogP contribution in [0.3, 0.4) is 0 Å². The van der Waals surface area contributed by atoms with E-state index in [1.807, 2.05) is 0 Å². The van der Waals surface area contributed by atoms with Crippen LogP contribution in [-0.4, -0.2) is 15.5 Å². The summed E-state index contributed by atoms with van der Waals surface area (Å²) in [5.74, 6) is 0. The van der Waals surface area contributed by atoms with Gasteiger partial charge in [0.2, 0.25) is 0 Å². The minimum atomic E-state index is -5.18. The molecule has 19 heavy (non-hydrogen) atoms. The number of carbonyl (C=O) groups excluding carboxylic acids is 2. The molecule has 0 unspecified atom stereocenters. The number of halogens is 7. The summed E-state index contributed by atoms with van der Waals surface area (Å²) in [6.45, 7) is 0.